The predicted molar refractivity (Wildman–Crippen MR) is 96.5 cm³/mol. The summed E-state index contributed by atoms with van der Waals surface area (Å²) in [6.45, 7) is 13.6. The lowest BCUT2D eigenvalue weighted by Crippen LogP contribution is -2.52. The molecule has 0 bridgehead atoms. The van der Waals surface area contributed by atoms with E-state index in [1.807, 2.05) is 34.6 Å². The largest absolute Gasteiger partial charge is 0.463 e. The van der Waals surface area contributed by atoms with Crippen molar-refractivity contribution in [1.29, 1.82) is 0 Å². The minimum atomic E-state index is -0.588. The molecule has 0 saturated heterocycles. The number of nitrogens with two attached hydrogens (primary N) is 1. The van der Waals surface area contributed by atoms with E-state index in [0.717, 1.165) is 0 Å². The molecule has 2 atom stereocenters. The first-order valence-corrected chi connectivity index (χ1v) is 7.81. The number of amides is 1. The Morgan fingerprint density at radius 3 is 2.09 bits per heavy atom. The van der Waals surface area contributed by atoms with Gasteiger partial charge in [-0.25, -0.2) is 4.79 Å². The first-order chi connectivity index (χ1) is 9.93. The van der Waals surface area contributed by atoms with Crippen molar-refractivity contribution in [2.75, 3.05) is 13.7 Å². The van der Waals surface area contributed by atoms with Crippen molar-refractivity contribution in [2.24, 2.45) is 17.1 Å². The Balaban J connectivity index is 0. The third kappa shape index (κ3) is 7.36. The second-order valence-electron chi connectivity index (χ2n) is 7.10. The van der Waals surface area contributed by atoms with Gasteiger partial charge in [0.1, 0.15) is 0 Å². The van der Waals surface area contributed by atoms with E-state index >= 15 is 0 Å². The molecule has 5 nitrogen and oxygen atoms in total. The summed E-state index contributed by atoms with van der Waals surface area (Å²) in [5.41, 5.74) is 6.26. The number of halogens is 1. The van der Waals surface area contributed by atoms with Crippen molar-refractivity contribution in [2.45, 2.75) is 60.5 Å². The van der Waals surface area contributed by atoms with Crippen molar-refractivity contribution >= 4 is 24.3 Å². The maximum Gasteiger partial charge on any atom is 0.333 e. The molecule has 0 aliphatic rings. The molecule has 0 aromatic heterocycles. The minimum absolute atomic E-state index is 0. The number of rotatable bonds is 6. The highest BCUT2D eigenvalue weighted by Gasteiger charge is 2.33. The third-order valence-electron chi connectivity index (χ3n) is 3.70. The lowest BCUT2D eigenvalue weighted by Gasteiger charge is -2.35. The van der Waals surface area contributed by atoms with E-state index in [2.05, 4.69) is 0 Å². The molecule has 6 heteroatoms. The fourth-order valence-corrected chi connectivity index (χ4v) is 2.06. The zero-order valence-electron chi connectivity index (χ0n) is 15.7. The average Bonchev–Trinajstić information content (AvgIpc) is 2.40. The molecule has 0 heterocycles. The van der Waals surface area contributed by atoms with Gasteiger partial charge in [-0.2, -0.15) is 0 Å². The van der Waals surface area contributed by atoms with Crippen LogP contribution in [0.5, 0.6) is 0 Å². The number of ether oxygens (including phenoxy) is 1. The summed E-state index contributed by atoms with van der Waals surface area (Å²) in [6, 6.07) is -0.791. The van der Waals surface area contributed by atoms with Gasteiger partial charge in [-0.15, -0.1) is 12.4 Å². The van der Waals surface area contributed by atoms with E-state index in [0.29, 0.717) is 12.2 Å². The molecule has 0 radical (unpaired) electrons. The number of carbonyl (C=O) groups excluding carboxylic acids is 2. The summed E-state index contributed by atoms with van der Waals surface area (Å²) >= 11 is 0. The molecule has 23 heavy (non-hydrogen) atoms. The van der Waals surface area contributed by atoms with Gasteiger partial charge in [0.2, 0.25) is 5.91 Å². The Kier molecular flexibility index (Phi) is 10.4. The predicted octanol–water partition coefficient (Wildman–Crippen LogP) is 2.77. The van der Waals surface area contributed by atoms with E-state index in [9.17, 15) is 9.59 Å². The fourth-order valence-electron chi connectivity index (χ4n) is 2.06. The highest BCUT2D eigenvalue weighted by Crippen LogP contribution is 2.22. The van der Waals surface area contributed by atoms with Crippen LogP contribution < -0.4 is 5.73 Å². The summed E-state index contributed by atoms with van der Waals surface area (Å²) in [4.78, 5) is 26.0. The lowest BCUT2D eigenvalue weighted by molar-refractivity contribution is -0.139. The van der Waals surface area contributed by atoms with Crippen LogP contribution in [0.2, 0.25) is 0 Å². The molecule has 2 N–H and O–H groups in total. The van der Waals surface area contributed by atoms with Crippen LogP contribution >= 0.6 is 12.4 Å². The van der Waals surface area contributed by atoms with Crippen LogP contribution in [0.3, 0.4) is 0 Å². The summed E-state index contributed by atoms with van der Waals surface area (Å²) in [6.07, 6.45) is 1.79. The molecule has 0 fully saturated rings. The third-order valence-corrected chi connectivity index (χ3v) is 3.70. The number of hydrogen-bond acceptors (Lipinski definition) is 4. The molecule has 1 amide bonds. The van der Waals surface area contributed by atoms with Crippen LogP contribution in [0.25, 0.3) is 0 Å². The van der Waals surface area contributed by atoms with Gasteiger partial charge in [0.15, 0.2) is 0 Å². The first kappa shape index (κ1) is 24.2. The minimum Gasteiger partial charge on any atom is -0.463 e. The number of likely N-dealkylation sites (N-methyl/N-ethyl adjacent to an activating group) is 1. The van der Waals surface area contributed by atoms with Crippen molar-refractivity contribution in [1.82, 2.24) is 4.90 Å². The Bertz CT molecular complexity index is 428. The van der Waals surface area contributed by atoms with Crippen LogP contribution in [0.1, 0.15) is 48.5 Å². The second kappa shape index (κ2) is 9.93. The molecule has 0 rings (SSSR count). The molecule has 0 aromatic carbocycles. The number of carbonyl (C=O) groups is 2. The number of nitrogens with zero attached hydrogens (tertiary/aromatic N) is 1. The fraction of sp³-hybridized carbons (Fsp3) is 0.765. The molecular weight excluding hydrogens is 316 g/mol. The molecule has 0 aromatic rings. The van der Waals surface area contributed by atoms with Gasteiger partial charge in [-0.05, 0) is 25.2 Å². The second-order valence-corrected chi connectivity index (χ2v) is 7.10. The number of hydrogen-bond donors (Lipinski definition) is 1. The maximum absolute atomic E-state index is 12.6. The van der Waals surface area contributed by atoms with E-state index in [-0.39, 0.29) is 41.7 Å². The maximum atomic E-state index is 12.6. The van der Waals surface area contributed by atoms with Crippen LogP contribution in [0.15, 0.2) is 11.6 Å². The highest BCUT2D eigenvalue weighted by molar-refractivity contribution is 5.88. The molecule has 0 spiro atoms. The Hall–Kier alpha value is -1.07. The van der Waals surface area contributed by atoms with Crippen molar-refractivity contribution in [3.63, 3.8) is 0 Å². The number of esters is 1. The van der Waals surface area contributed by atoms with E-state index in [1.165, 1.54) is 0 Å². The van der Waals surface area contributed by atoms with Crippen LogP contribution in [0.4, 0.5) is 0 Å². The van der Waals surface area contributed by atoms with Crippen LogP contribution in [-0.4, -0.2) is 42.5 Å². The average molecular weight is 349 g/mol. The van der Waals surface area contributed by atoms with Crippen molar-refractivity contribution in [3.05, 3.63) is 11.6 Å². The van der Waals surface area contributed by atoms with Gasteiger partial charge in [-0.3, -0.25) is 4.79 Å². The van der Waals surface area contributed by atoms with Gasteiger partial charge >= 0.3 is 5.97 Å². The Morgan fingerprint density at radius 2 is 1.74 bits per heavy atom. The molecular formula is C17H33ClN2O3. The summed E-state index contributed by atoms with van der Waals surface area (Å²) in [5.74, 6) is -0.321. The van der Waals surface area contributed by atoms with Crippen molar-refractivity contribution in [3.8, 4) is 0 Å². The lowest BCUT2D eigenvalue weighted by atomic mass is 9.86. The van der Waals surface area contributed by atoms with E-state index in [4.69, 9.17) is 10.5 Å². The Morgan fingerprint density at radius 1 is 1.26 bits per heavy atom. The molecule has 0 aliphatic heterocycles. The Labute approximate surface area is 147 Å². The van der Waals surface area contributed by atoms with Gasteiger partial charge in [0.05, 0.1) is 18.7 Å². The zero-order valence-corrected chi connectivity index (χ0v) is 16.5. The SMILES string of the molecule is CCOC(=O)C(C)=CC(C(C)C)N(C)C(=O)C(N)C(C)(C)C.Cl. The monoisotopic (exact) mass is 348 g/mol. The molecule has 0 saturated carbocycles. The quantitative estimate of drug-likeness (QED) is 0.591. The van der Waals surface area contributed by atoms with Gasteiger partial charge in [0.25, 0.3) is 0 Å². The van der Waals surface area contributed by atoms with Gasteiger partial charge < -0.3 is 15.4 Å². The normalized spacial score (nSPS) is 14.8. The smallest absolute Gasteiger partial charge is 0.333 e. The van der Waals surface area contributed by atoms with Gasteiger partial charge in [0, 0.05) is 12.6 Å². The standard InChI is InChI=1S/C17H32N2O3.ClH/c1-9-22-16(21)12(4)10-13(11(2)3)19(8)15(20)14(18)17(5,6)7;/h10-11,13-14H,9,18H2,1-8H3;1H. The first-order valence-electron chi connectivity index (χ1n) is 7.81. The molecule has 136 valence electrons. The summed E-state index contributed by atoms with van der Waals surface area (Å²) < 4.78 is 4.99. The molecule has 2 unspecified atom stereocenters. The highest BCUT2D eigenvalue weighted by atomic mass is 35.5. The zero-order chi connectivity index (χ0) is 17.7. The van der Waals surface area contributed by atoms with Gasteiger partial charge in [-0.1, -0.05) is 40.7 Å². The van der Waals surface area contributed by atoms with Crippen molar-refractivity contribution < 1.29 is 14.3 Å². The van der Waals surface area contributed by atoms with E-state index < -0.39 is 6.04 Å². The van der Waals surface area contributed by atoms with Crippen LogP contribution in [0, 0.1) is 11.3 Å². The topological polar surface area (TPSA) is 72.6 Å². The van der Waals surface area contributed by atoms with Crippen LogP contribution in [-0.2, 0) is 14.3 Å². The molecule has 0 aliphatic carbocycles. The van der Waals surface area contributed by atoms with E-state index in [1.54, 1.807) is 31.9 Å². The summed E-state index contributed by atoms with van der Waals surface area (Å²) in [7, 11) is 1.73. The summed E-state index contributed by atoms with van der Waals surface area (Å²) in [5, 5.41) is 0.